The summed E-state index contributed by atoms with van der Waals surface area (Å²) in [5.41, 5.74) is 2.29. The molecule has 25 heavy (non-hydrogen) atoms. The van der Waals surface area contributed by atoms with Crippen LogP contribution in [0.4, 0.5) is 5.69 Å². The fourth-order valence-corrected chi connectivity index (χ4v) is 2.15. The lowest BCUT2D eigenvalue weighted by Gasteiger charge is -2.07. The van der Waals surface area contributed by atoms with Crippen molar-refractivity contribution in [2.24, 2.45) is 0 Å². The first-order valence-corrected chi connectivity index (χ1v) is 7.90. The lowest BCUT2D eigenvalue weighted by Crippen LogP contribution is -2.20. The average molecular weight is 360 g/mol. The van der Waals surface area contributed by atoms with Gasteiger partial charge in [0.25, 0.3) is 5.91 Å². The van der Waals surface area contributed by atoms with Gasteiger partial charge in [-0.2, -0.15) is 0 Å². The normalized spacial score (nSPS) is 10.5. The number of amides is 1. The molecule has 0 saturated carbocycles. The Morgan fingerprint density at radius 1 is 1.20 bits per heavy atom. The van der Waals surface area contributed by atoms with Gasteiger partial charge in [-0.15, -0.1) is 0 Å². The Bertz CT molecular complexity index is 802. The number of ether oxygens (including phenoxy) is 2. The molecule has 0 spiro atoms. The van der Waals surface area contributed by atoms with Crippen molar-refractivity contribution in [2.45, 2.75) is 6.92 Å². The molecule has 130 valence electrons. The van der Waals surface area contributed by atoms with Crippen molar-refractivity contribution in [3.05, 3.63) is 64.7 Å². The minimum atomic E-state index is -0.613. The lowest BCUT2D eigenvalue weighted by atomic mass is 10.1. The highest BCUT2D eigenvalue weighted by Gasteiger charge is 2.06. The molecule has 0 atom stereocenters. The predicted octanol–water partition coefficient (Wildman–Crippen LogP) is 3.85. The largest absolute Gasteiger partial charge is 0.497 e. The van der Waals surface area contributed by atoms with Crippen LogP contribution < -0.4 is 10.1 Å². The maximum atomic E-state index is 11.8. The van der Waals surface area contributed by atoms with E-state index in [4.69, 9.17) is 21.1 Å². The van der Waals surface area contributed by atoms with Crippen molar-refractivity contribution in [3.63, 3.8) is 0 Å². The molecule has 0 fully saturated rings. The van der Waals surface area contributed by atoms with E-state index in [2.05, 4.69) is 5.32 Å². The molecule has 0 aliphatic carbocycles. The second-order valence-corrected chi connectivity index (χ2v) is 5.64. The number of hydrogen-bond donors (Lipinski definition) is 1. The van der Waals surface area contributed by atoms with E-state index in [0.29, 0.717) is 16.5 Å². The molecule has 0 aliphatic heterocycles. The summed E-state index contributed by atoms with van der Waals surface area (Å²) in [5.74, 6) is -0.430. The predicted molar refractivity (Wildman–Crippen MR) is 97.8 cm³/mol. The van der Waals surface area contributed by atoms with Gasteiger partial charge in [-0.1, -0.05) is 29.8 Å². The summed E-state index contributed by atoms with van der Waals surface area (Å²) >= 11 is 6.02. The van der Waals surface area contributed by atoms with Gasteiger partial charge in [0, 0.05) is 22.9 Å². The van der Waals surface area contributed by atoms with Crippen molar-refractivity contribution in [1.82, 2.24) is 0 Å². The first-order valence-electron chi connectivity index (χ1n) is 7.53. The summed E-state index contributed by atoms with van der Waals surface area (Å²) in [7, 11) is 1.54. The summed E-state index contributed by atoms with van der Waals surface area (Å²) in [6.07, 6.45) is 2.83. The molecule has 0 saturated heterocycles. The van der Waals surface area contributed by atoms with Crippen molar-refractivity contribution in [1.29, 1.82) is 0 Å². The van der Waals surface area contributed by atoms with E-state index in [0.717, 1.165) is 11.1 Å². The van der Waals surface area contributed by atoms with E-state index < -0.39 is 11.9 Å². The zero-order chi connectivity index (χ0) is 18.2. The van der Waals surface area contributed by atoms with Crippen LogP contribution in [-0.4, -0.2) is 25.6 Å². The molecule has 0 radical (unpaired) electrons. The molecular formula is C19H18ClNO4. The highest BCUT2D eigenvalue weighted by atomic mass is 35.5. The SMILES string of the molecule is COc1cccc(NC(=O)COC(=O)/C=C/c2ccc(C)c(Cl)c2)c1. The molecule has 2 aromatic carbocycles. The van der Waals surface area contributed by atoms with E-state index in [9.17, 15) is 9.59 Å². The molecule has 0 heterocycles. The number of hydrogen-bond acceptors (Lipinski definition) is 4. The van der Waals surface area contributed by atoms with E-state index >= 15 is 0 Å². The Balaban J connectivity index is 1.83. The third-order valence-corrected chi connectivity index (χ3v) is 3.71. The fraction of sp³-hybridized carbons (Fsp3) is 0.158. The molecular weight excluding hydrogens is 342 g/mol. The van der Waals surface area contributed by atoms with Gasteiger partial charge >= 0.3 is 5.97 Å². The molecule has 6 heteroatoms. The molecule has 1 N–H and O–H groups in total. The van der Waals surface area contributed by atoms with Crippen molar-refractivity contribution < 1.29 is 19.1 Å². The van der Waals surface area contributed by atoms with Gasteiger partial charge in [0.1, 0.15) is 5.75 Å². The Morgan fingerprint density at radius 3 is 2.72 bits per heavy atom. The summed E-state index contributed by atoms with van der Waals surface area (Å²) in [6, 6.07) is 12.3. The Kier molecular flexibility index (Phi) is 6.60. The molecule has 0 bridgehead atoms. The number of nitrogens with one attached hydrogen (secondary N) is 1. The molecule has 0 unspecified atom stereocenters. The third-order valence-electron chi connectivity index (χ3n) is 3.31. The molecule has 2 aromatic rings. The van der Waals surface area contributed by atoms with E-state index in [-0.39, 0.29) is 6.61 Å². The summed E-state index contributed by atoms with van der Waals surface area (Å²) < 4.78 is 9.98. The van der Waals surface area contributed by atoms with E-state index in [1.165, 1.54) is 13.2 Å². The molecule has 0 aliphatic rings. The third kappa shape index (κ3) is 5.97. The van der Waals surface area contributed by atoms with E-state index in [1.807, 2.05) is 19.1 Å². The lowest BCUT2D eigenvalue weighted by molar-refractivity contribution is -0.142. The van der Waals surface area contributed by atoms with Crippen LogP contribution in [0, 0.1) is 6.92 Å². The topological polar surface area (TPSA) is 64.6 Å². The first kappa shape index (κ1) is 18.5. The number of halogens is 1. The highest BCUT2D eigenvalue weighted by molar-refractivity contribution is 6.31. The van der Waals surface area contributed by atoms with Crippen LogP contribution in [0.2, 0.25) is 5.02 Å². The van der Waals surface area contributed by atoms with Crippen molar-refractivity contribution in [2.75, 3.05) is 19.0 Å². The maximum absolute atomic E-state index is 11.8. The number of esters is 1. The zero-order valence-electron chi connectivity index (χ0n) is 13.9. The Morgan fingerprint density at radius 2 is 2.00 bits per heavy atom. The van der Waals surface area contributed by atoms with E-state index in [1.54, 1.807) is 36.4 Å². The number of methoxy groups -OCH3 is 1. The van der Waals surface area contributed by atoms with Crippen LogP contribution in [0.25, 0.3) is 6.08 Å². The van der Waals surface area contributed by atoms with Gasteiger partial charge in [-0.25, -0.2) is 4.79 Å². The van der Waals surface area contributed by atoms with Crippen molar-refractivity contribution >= 4 is 35.2 Å². The monoisotopic (exact) mass is 359 g/mol. The van der Waals surface area contributed by atoms with Gasteiger partial charge in [-0.3, -0.25) is 4.79 Å². The van der Waals surface area contributed by atoms with Gasteiger partial charge in [-0.05, 0) is 42.3 Å². The van der Waals surface area contributed by atoms with Crippen molar-refractivity contribution in [3.8, 4) is 5.75 Å². The molecule has 0 aromatic heterocycles. The van der Waals surface area contributed by atoms with Crippen LogP contribution >= 0.6 is 11.6 Å². The first-order chi connectivity index (χ1) is 12.0. The quantitative estimate of drug-likeness (QED) is 0.628. The van der Waals surface area contributed by atoms with Crippen LogP contribution in [0.15, 0.2) is 48.5 Å². The van der Waals surface area contributed by atoms with Gasteiger partial charge in [0.15, 0.2) is 6.61 Å². The summed E-state index contributed by atoms with van der Waals surface area (Å²) in [6.45, 7) is 1.51. The van der Waals surface area contributed by atoms with Crippen LogP contribution in [0.1, 0.15) is 11.1 Å². The summed E-state index contributed by atoms with van der Waals surface area (Å²) in [5, 5.41) is 3.24. The fourth-order valence-electron chi connectivity index (χ4n) is 1.96. The number of carbonyl (C=O) groups is 2. The molecule has 2 rings (SSSR count). The second kappa shape index (κ2) is 8.89. The molecule has 1 amide bonds. The Hall–Kier alpha value is -2.79. The highest BCUT2D eigenvalue weighted by Crippen LogP contribution is 2.18. The smallest absolute Gasteiger partial charge is 0.331 e. The van der Waals surface area contributed by atoms with Crippen LogP contribution in [0.3, 0.4) is 0 Å². The number of benzene rings is 2. The minimum absolute atomic E-state index is 0.380. The number of carbonyl (C=O) groups excluding carboxylic acids is 2. The standard InChI is InChI=1S/C19H18ClNO4/c1-13-6-7-14(10-17(13)20)8-9-19(23)25-12-18(22)21-15-4-3-5-16(11-15)24-2/h3-11H,12H2,1-2H3,(H,21,22)/b9-8+. The Labute approximate surface area is 151 Å². The van der Waals surface area contributed by atoms with Gasteiger partial charge in [0.05, 0.1) is 7.11 Å². The number of anilines is 1. The average Bonchev–Trinajstić information content (AvgIpc) is 2.61. The van der Waals surface area contributed by atoms with Gasteiger partial charge in [0.2, 0.25) is 0 Å². The van der Waals surface area contributed by atoms with Crippen LogP contribution in [0.5, 0.6) is 5.75 Å². The molecule has 5 nitrogen and oxygen atoms in total. The maximum Gasteiger partial charge on any atom is 0.331 e. The minimum Gasteiger partial charge on any atom is -0.497 e. The number of aryl methyl sites for hydroxylation is 1. The zero-order valence-corrected chi connectivity index (χ0v) is 14.7. The number of rotatable bonds is 6. The van der Waals surface area contributed by atoms with Gasteiger partial charge < -0.3 is 14.8 Å². The summed E-state index contributed by atoms with van der Waals surface area (Å²) in [4.78, 5) is 23.5. The second-order valence-electron chi connectivity index (χ2n) is 5.23. The van der Waals surface area contributed by atoms with Crippen LogP contribution in [-0.2, 0) is 14.3 Å².